The van der Waals surface area contributed by atoms with E-state index in [0.717, 1.165) is 25.0 Å². The molecule has 0 saturated heterocycles. The van der Waals surface area contributed by atoms with Crippen molar-refractivity contribution in [2.24, 2.45) is 0 Å². The van der Waals surface area contributed by atoms with E-state index in [1.165, 1.54) is 0 Å². The molecular formula is C14H23N3O. The van der Waals surface area contributed by atoms with E-state index in [1.54, 1.807) is 6.07 Å². The average molecular weight is 249 g/mol. The molecule has 1 fully saturated rings. The third-order valence-electron chi connectivity index (χ3n) is 4.11. The van der Waals surface area contributed by atoms with Crippen molar-refractivity contribution < 1.29 is 4.79 Å². The van der Waals surface area contributed by atoms with Crippen molar-refractivity contribution in [1.82, 2.24) is 9.47 Å². The van der Waals surface area contributed by atoms with Crippen LogP contribution in [0.5, 0.6) is 0 Å². The number of hydrogen-bond acceptors (Lipinski definition) is 2. The molecule has 1 aromatic heterocycles. The number of amides is 1. The van der Waals surface area contributed by atoms with E-state index in [-0.39, 0.29) is 11.4 Å². The lowest BCUT2D eigenvalue weighted by atomic mass is 9.99. The van der Waals surface area contributed by atoms with Crippen LogP contribution in [0, 0.1) is 0 Å². The number of aromatic nitrogens is 1. The molecule has 1 amide bonds. The van der Waals surface area contributed by atoms with Gasteiger partial charge in [-0.2, -0.15) is 0 Å². The van der Waals surface area contributed by atoms with Crippen molar-refractivity contribution in [3.05, 3.63) is 18.0 Å². The molecule has 0 aromatic carbocycles. The van der Waals surface area contributed by atoms with E-state index in [0.29, 0.717) is 11.7 Å². The maximum Gasteiger partial charge on any atom is 0.270 e. The first-order valence-electron chi connectivity index (χ1n) is 6.62. The van der Waals surface area contributed by atoms with Gasteiger partial charge in [0.25, 0.3) is 5.91 Å². The number of hydrogen-bond donors (Lipinski definition) is 1. The molecule has 1 aliphatic carbocycles. The molecule has 4 heteroatoms. The lowest BCUT2D eigenvalue weighted by Crippen LogP contribution is -2.45. The molecule has 2 N–H and O–H groups in total. The molecule has 2 rings (SSSR count). The van der Waals surface area contributed by atoms with Gasteiger partial charge in [0.15, 0.2) is 0 Å². The number of nitrogens with zero attached hydrogens (tertiary/aromatic N) is 2. The number of anilines is 1. The second-order valence-electron chi connectivity index (χ2n) is 5.83. The Kier molecular flexibility index (Phi) is 3.13. The van der Waals surface area contributed by atoms with Crippen LogP contribution in [-0.4, -0.2) is 28.0 Å². The molecule has 0 atom stereocenters. The normalized spacial score (nSPS) is 15.8. The van der Waals surface area contributed by atoms with E-state index in [2.05, 4.69) is 20.8 Å². The summed E-state index contributed by atoms with van der Waals surface area (Å²) in [6.07, 6.45) is 5.11. The number of nitrogen functional groups attached to an aromatic ring is 1. The zero-order chi connectivity index (χ0) is 13.5. The van der Waals surface area contributed by atoms with Gasteiger partial charge in [-0.25, -0.2) is 0 Å². The Morgan fingerprint density at radius 2 is 2.17 bits per heavy atom. The van der Waals surface area contributed by atoms with Crippen LogP contribution in [0.25, 0.3) is 0 Å². The van der Waals surface area contributed by atoms with Gasteiger partial charge in [0, 0.05) is 24.8 Å². The van der Waals surface area contributed by atoms with E-state index < -0.39 is 0 Å². The summed E-state index contributed by atoms with van der Waals surface area (Å²) < 4.78 is 2.04. The highest BCUT2D eigenvalue weighted by molar-refractivity contribution is 5.94. The smallest absolute Gasteiger partial charge is 0.270 e. The first-order valence-corrected chi connectivity index (χ1v) is 6.62. The van der Waals surface area contributed by atoms with Crippen molar-refractivity contribution >= 4 is 11.6 Å². The number of rotatable bonds is 4. The number of carbonyl (C=O) groups is 1. The maximum atomic E-state index is 12.6. The summed E-state index contributed by atoms with van der Waals surface area (Å²) in [4.78, 5) is 14.4. The highest BCUT2D eigenvalue weighted by Gasteiger charge is 2.32. The second kappa shape index (κ2) is 4.34. The average Bonchev–Trinajstić information content (AvgIpc) is 3.10. The minimum absolute atomic E-state index is 0.0606. The Balaban J connectivity index is 2.28. The molecule has 4 nitrogen and oxygen atoms in total. The highest BCUT2D eigenvalue weighted by Crippen LogP contribution is 2.37. The van der Waals surface area contributed by atoms with E-state index in [9.17, 15) is 4.79 Å². The van der Waals surface area contributed by atoms with Crippen LogP contribution < -0.4 is 5.73 Å². The van der Waals surface area contributed by atoms with Gasteiger partial charge in [0.05, 0.1) is 5.69 Å². The lowest BCUT2D eigenvalue weighted by Gasteiger charge is -2.35. The zero-order valence-electron chi connectivity index (χ0n) is 11.7. The second-order valence-corrected chi connectivity index (χ2v) is 5.83. The van der Waals surface area contributed by atoms with Gasteiger partial charge in [-0.3, -0.25) is 4.79 Å². The Morgan fingerprint density at radius 1 is 1.56 bits per heavy atom. The highest BCUT2D eigenvalue weighted by atomic mass is 16.2. The zero-order valence-corrected chi connectivity index (χ0v) is 11.7. The molecule has 1 aliphatic rings. The molecule has 1 saturated carbocycles. The molecule has 0 unspecified atom stereocenters. The van der Waals surface area contributed by atoms with Gasteiger partial charge in [-0.15, -0.1) is 0 Å². The molecule has 1 heterocycles. The Morgan fingerprint density at radius 3 is 2.67 bits per heavy atom. The molecule has 0 bridgehead atoms. The van der Waals surface area contributed by atoms with Crippen LogP contribution in [0.4, 0.5) is 5.69 Å². The topological polar surface area (TPSA) is 51.3 Å². The van der Waals surface area contributed by atoms with Gasteiger partial charge in [0.1, 0.15) is 5.69 Å². The van der Waals surface area contributed by atoms with E-state index >= 15 is 0 Å². The Labute approximate surface area is 109 Å². The molecule has 1 aromatic rings. The largest absolute Gasteiger partial charge is 0.397 e. The van der Waals surface area contributed by atoms with Gasteiger partial charge in [0.2, 0.25) is 0 Å². The van der Waals surface area contributed by atoms with E-state index in [1.807, 2.05) is 22.7 Å². The van der Waals surface area contributed by atoms with Crippen molar-refractivity contribution in [1.29, 1.82) is 0 Å². The molecule has 0 aliphatic heterocycles. The van der Waals surface area contributed by atoms with Crippen LogP contribution in [0.3, 0.4) is 0 Å². The monoisotopic (exact) mass is 249 g/mol. The number of nitrogens with two attached hydrogens (primary N) is 1. The van der Waals surface area contributed by atoms with Gasteiger partial charge < -0.3 is 15.2 Å². The standard InChI is InChI=1S/C14H23N3O/c1-5-14(2,3)16(4)13(18)12-8-10(15)9-17(12)11-6-7-11/h8-9,11H,5-7,15H2,1-4H3. The first-order chi connectivity index (χ1) is 8.36. The summed E-state index contributed by atoms with van der Waals surface area (Å²) in [5, 5.41) is 0. The SMILES string of the molecule is CCC(C)(C)N(C)C(=O)c1cc(N)cn1C1CC1. The van der Waals surface area contributed by atoms with Crippen molar-refractivity contribution in [2.75, 3.05) is 12.8 Å². The maximum absolute atomic E-state index is 12.6. The first kappa shape index (κ1) is 13.0. The minimum atomic E-state index is -0.134. The van der Waals surface area contributed by atoms with E-state index in [4.69, 9.17) is 5.73 Å². The summed E-state index contributed by atoms with van der Waals surface area (Å²) in [5.41, 5.74) is 7.09. The Bertz CT molecular complexity index is 458. The predicted octanol–water partition coefficient (Wildman–Crippen LogP) is 2.67. The fourth-order valence-corrected chi connectivity index (χ4v) is 2.01. The molecule has 18 heavy (non-hydrogen) atoms. The van der Waals surface area contributed by atoms with Crippen LogP contribution in [0.1, 0.15) is 56.6 Å². The van der Waals surface area contributed by atoms with Gasteiger partial charge in [-0.05, 0) is 39.2 Å². The van der Waals surface area contributed by atoms with Crippen LogP contribution in [0.15, 0.2) is 12.3 Å². The lowest BCUT2D eigenvalue weighted by molar-refractivity contribution is 0.0609. The number of carbonyl (C=O) groups excluding carboxylic acids is 1. The third-order valence-corrected chi connectivity index (χ3v) is 4.11. The summed E-state index contributed by atoms with van der Waals surface area (Å²) in [6.45, 7) is 6.26. The predicted molar refractivity (Wildman–Crippen MR) is 73.6 cm³/mol. The quantitative estimate of drug-likeness (QED) is 0.892. The van der Waals surface area contributed by atoms with Crippen molar-refractivity contribution in [2.45, 2.75) is 51.6 Å². The van der Waals surface area contributed by atoms with Crippen molar-refractivity contribution in [3.8, 4) is 0 Å². The van der Waals surface area contributed by atoms with Crippen LogP contribution >= 0.6 is 0 Å². The molecule has 0 spiro atoms. The van der Waals surface area contributed by atoms with Crippen LogP contribution in [0.2, 0.25) is 0 Å². The summed E-state index contributed by atoms with van der Waals surface area (Å²) >= 11 is 0. The fourth-order valence-electron chi connectivity index (χ4n) is 2.01. The van der Waals surface area contributed by atoms with Crippen molar-refractivity contribution in [3.63, 3.8) is 0 Å². The summed E-state index contributed by atoms with van der Waals surface area (Å²) in [5.74, 6) is 0.0606. The van der Waals surface area contributed by atoms with Gasteiger partial charge in [-0.1, -0.05) is 6.92 Å². The summed E-state index contributed by atoms with van der Waals surface area (Å²) in [6, 6.07) is 2.27. The van der Waals surface area contributed by atoms with Crippen LogP contribution in [-0.2, 0) is 0 Å². The minimum Gasteiger partial charge on any atom is -0.397 e. The third kappa shape index (κ3) is 2.24. The van der Waals surface area contributed by atoms with Gasteiger partial charge >= 0.3 is 0 Å². The molecular weight excluding hydrogens is 226 g/mol. The fraction of sp³-hybridized carbons (Fsp3) is 0.643. The molecule has 100 valence electrons. The molecule has 0 radical (unpaired) electrons. The summed E-state index contributed by atoms with van der Waals surface area (Å²) in [7, 11) is 1.87. The Hall–Kier alpha value is -1.45.